The number of aromatic nitrogens is 2. The molecule has 0 bridgehead atoms. The van der Waals surface area contributed by atoms with E-state index in [9.17, 15) is 4.79 Å². The van der Waals surface area contributed by atoms with Crippen LogP contribution in [0.1, 0.15) is 28.5 Å². The monoisotopic (exact) mass is 230 g/mol. The molecule has 0 amide bonds. The third kappa shape index (κ3) is 2.36. The number of carbonyl (C=O) groups is 1. The topological polar surface area (TPSA) is 55.1 Å². The van der Waals surface area contributed by atoms with Crippen molar-refractivity contribution in [3.05, 3.63) is 53.3 Å². The van der Waals surface area contributed by atoms with E-state index in [2.05, 4.69) is 5.10 Å². The smallest absolute Gasteiger partial charge is 0.339 e. The lowest BCUT2D eigenvalue weighted by molar-refractivity contribution is 0.0695. The zero-order valence-electron chi connectivity index (χ0n) is 9.63. The molecular weight excluding hydrogens is 216 g/mol. The van der Waals surface area contributed by atoms with Crippen molar-refractivity contribution in [1.82, 2.24) is 9.78 Å². The number of benzene rings is 1. The van der Waals surface area contributed by atoms with Gasteiger partial charge in [-0.05, 0) is 12.0 Å². The van der Waals surface area contributed by atoms with Gasteiger partial charge in [0.25, 0.3) is 0 Å². The van der Waals surface area contributed by atoms with Crippen LogP contribution in [0.5, 0.6) is 0 Å². The van der Waals surface area contributed by atoms with Gasteiger partial charge in [-0.3, -0.25) is 4.68 Å². The molecule has 0 fully saturated rings. The van der Waals surface area contributed by atoms with Gasteiger partial charge in [0.2, 0.25) is 0 Å². The SMILES string of the molecule is CCc1c(C(=O)O)cnn1Cc1ccccc1. The van der Waals surface area contributed by atoms with Crippen molar-refractivity contribution in [2.75, 3.05) is 0 Å². The van der Waals surface area contributed by atoms with Gasteiger partial charge in [0.1, 0.15) is 5.56 Å². The number of rotatable bonds is 4. The standard InChI is InChI=1S/C13H14N2O2/c1-2-12-11(13(16)17)8-14-15(12)9-10-6-4-3-5-7-10/h3-8H,2,9H2,1H3,(H,16,17). The van der Waals surface area contributed by atoms with E-state index in [1.54, 1.807) is 4.68 Å². The Balaban J connectivity index is 2.31. The lowest BCUT2D eigenvalue weighted by Crippen LogP contribution is -2.08. The van der Waals surface area contributed by atoms with E-state index in [4.69, 9.17) is 5.11 Å². The lowest BCUT2D eigenvalue weighted by atomic mass is 10.2. The largest absolute Gasteiger partial charge is 0.478 e. The molecule has 1 heterocycles. The molecule has 2 rings (SSSR count). The van der Waals surface area contributed by atoms with E-state index in [-0.39, 0.29) is 0 Å². The van der Waals surface area contributed by atoms with E-state index in [1.807, 2.05) is 37.3 Å². The number of aromatic carboxylic acids is 1. The van der Waals surface area contributed by atoms with Crippen LogP contribution in [0.3, 0.4) is 0 Å². The van der Waals surface area contributed by atoms with Crippen LogP contribution in [0.25, 0.3) is 0 Å². The average Bonchev–Trinajstić information content (AvgIpc) is 2.73. The molecule has 1 aromatic carbocycles. The highest BCUT2D eigenvalue weighted by Gasteiger charge is 2.14. The summed E-state index contributed by atoms with van der Waals surface area (Å²) in [4.78, 5) is 11.0. The van der Waals surface area contributed by atoms with E-state index >= 15 is 0 Å². The molecule has 4 nitrogen and oxygen atoms in total. The molecule has 2 aromatic rings. The van der Waals surface area contributed by atoms with Crippen molar-refractivity contribution in [2.24, 2.45) is 0 Å². The van der Waals surface area contributed by atoms with Crippen LogP contribution in [-0.2, 0) is 13.0 Å². The Kier molecular flexibility index (Phi) is 3.23. The zero-order chi connectivity index (χ0) is 12.3. The highest BCUT2D eigenvalue weighted by molar-refractivity contribution is 5.88. The fraction of sp³-hybridized carbons (Fsp3) is 0.231. The predicted octanol–water partition coefficient (Wildman–Crippen LogP) is 2.19. The molecule has 4 heteroatoms. The minimum absolute atomic E-state index is 0.295. The van der Waals surface area contributed by atoms with Gasteiger partial charge in [-0.1, -0.05) is 37.3 Å². The molecule has 88 valence electrons. The molecule has 1 N–H and O–H groups in total. The van der Waals surface area contributed by atoms with Gasteiger partial charge < -0.3 is 5.11 Å². The summed E-state index contributed by atoms with van der Waals surface area (Å²) in [6.07, 6.45) is 2.08. The zero-order valence-corrected chi connectivity index (χ0v) is 9.63. The van der Waals surface area contributed by atoms with E-state index in [1.165, 1.54) is 6.20 Å². The number of hydrogen-bond donors (Lipinski definition) is 1. The van der Waals surface area contributed by atoms with Gasteiger partial charge in [0.15, 0.2) is 0 Å². The molecule has 0 aliphatic carbocycles. The van der Waals surface area contributed by atoms with Crippen molar-refractivity contribution < 1.29 is 9.90 Å². The maximum absolute atomic E-state index is 11.0. The van der Waals surface area contributed by atoms with Crippen LogP contribution in [0, 0.1) is 0 Å². The van der Waals surface area contributed by atoms with Gasteiger partial charge in [-0.15, -0.1) is 0 Å². The molecule has 17 heavy (non-hydrogen) atoms. The Morgan fingerprint density at radius 1 is 1.35 bits per heavy atom. The van der Waals surface area contributed by atoms with Gasteiger partial charge in [0.05, 0.1) is 18.4 Å². The summed E-state index contributed by atoms with van der Waals surface area (Å²) in [5.74, 6) is -0.916. The van der Waals surface area contributed by atoms with E-state index < -0.39 is 5.97 Å². The summed E-state index contributed by atoms with van der Waals surface area (Å²) >= 11 is 0. The third-order valence-corrected chi connectivity index (χ3v) is 2.69. The maximum Gasteiger partial charge on any atom is 0.339 e. The molecule has 0 aliphatic heterocycles. The third-order valence-electron chi connectivity index (χ3n) is 2.69. The van der Waals surface area contributed by atoms with Crippen molar-refractivity contribution >= 4 is 5.97 Å². The molecular formula is C13H14N2O2. The van der Waals surface area contributed by atoms with Crippen LogP contribution < -0.4 is 0 Å². The van der Waals surface area contributed by atoms with Crippen LogP contribution in [-0.4, -0.2) is 20.9 Å². The van der Waals surface area contributed by atoms with Gasteiger partial charge in [-0.25, -0.2) is 4.79 Å². The van der Waals surface area contributed by atoms with Crippen LogP contribution in [0.2, 0.25) is 0 Å². The summed E-state index contributed by atoms with van der Waals surface area (Å²) in [6, 6.07) is 9.88. The summed E-state index contributed by atoms with van der Waals surface area (Å²) in [7, 11) is 0. The summed E-state index contributed by atoms with van der Waals surface area (Å²) < 4.78 is 1.75. The second kappa shape index (κ2) is 4.82. The number of hydrogen-bond acceptors (Lipinski definition) is 2. The summed E-state index contributed by atoms with van der Waals surface area (Å²) in [5, 5.41) is 13.2. The number of carboxylic acids is 1. The minimum atomic E-state index is -0.916. The first-order chi connectivity index (χ1) is 8.22. The normalized spacial score (nSPS) is 10.4. The number of nitrogens with zero attached hydrogens (tertiary/aromatic N) is 2. The van der Waals surface area contributed by atoms with Crippen molar-refractivity contribution in [3.8, 4) is 0 Å². The minimum Gasteiger partial charge on any atom is -0.478 e. The van der Waals surface area contributed by atoms with Gasteiger partial charge in [0, 0.05) is 0 Å². The molecule has 0 unspecified atom stereocenters. The molecule has 0 radical (unpaired) electrons. The maximum atomic E-state index is 11.0. The Morgan fingerprint density at radius 3 is 2.65 bits per heavy atom. The van der Waals surface area contributed by atoms with Crippen molar-refractivity contribution in [3.63, 3.8) is 0 Å². The molecule has 0 aliphatic rings. The summed E-state index contributed by atoms with van der Waals surface area (Å²) in [5.41, 5.74) is 2.17. The predicted molar refractivity (Wildman–Crippen MR) is 64.1 cm³/mol. The Labute approximate surface area is 99.5 Å². The first-order valence-corrected chi connectivity index (χ1v) is 5.54. The quantitative estimate of drug-likeness (QED) is 0.876. The van der Waals surface area contributed by atoms with Crippen LogP contribution in [0.15, 0.2) is 36.5 Å². The first-order valence-electron chi connectivity index (χ1n) is 5.54. The molecule has 0 spiro atoms. The second-order valence-electron chi connectivity index (χ2n) is 3.81. The molecule has 0 saturated carbocycles. The van der Waals surface area contributed by atoms with Gasteiger partial charge >= 0.3 is 5.97 Å². The Hall–Kier alpha value is -2.10. The Bertz CT molecular complexity index is 517. The average molecular weight is 230 g/mol. The van der Waals surface area contributed by atoms with E-state index in [0.717, 1.165) is 11.3 Å². The van der Waals surface area contributed by atoms with Gasteiger partial charge in [-0.2, -0.15) is 5.10 Å². The van der Waals surface area contributed by atoms with Crippen molar-refractivity contribution in [1.29, 1.82) is 0 Å². The highest BCUT2D eigenvalue weighted by atomic mass is 16.4. The molecule has 1 aromatic heterocycles. The second-order valence-corrected chi connectivity index (χ2v) is 3.81. The highest BCUT2D eigenvalue weighted by Crippen LogP contribution is 2.12. The lowest BCUT2D eigenvalue weighted by Gasteiger charge is -2.06. The molecule has 0 saturated heterocycles. The van der Waals surface area contributed by atoms with Crippen LogP contribution in [0.4, 0.5) is 0 Å². The van der Waals surface area contributed by atoms with E-state index in [0.29, 0.717) is 18.5 Å². The fourth-order valence-corrected chi connectivity index (χ4v) is 1.85. The Morgan fingerprint density at radius 2 is 2.06 bits per heavy atom. The van der Waals surface area contributed by atoms with Crippen LogP contribution >= 0.6 is 0 Å². The first kappa shape index (κ1) is 11.4. The fourth-order valence-electron chi connectivity index (χ4n) is 1.85. The van der Waals surface area contributed by atoms with Crippen molar-refractivity contribution in [2.45, 2.75) is 19.9 Å². The number of carboxylic acid groups (broad SMARTS) is 1. The molecule has 0 atom stereocenters. The summed E-state index contributed by atoms with van der Waals surface area (Å²) in [6.45, 7) is 2.54.